The monoisotopic (exact) mass is 260 g/mol. The van der Waals surface area contributed by atoms with Gasteiger partial charge in [0.05, 0.1) is 6.61 Å². The molecule has 0 aromatic carbocycles. The lowest BCUT2D eigenvalue weighted by Crippen LogP contribution is -2.30. The number of esters is 1. The standard InChI is InChI=1S/C11H24O3Si2/c1-6-16(4,5)14-15-9-7-8-13-11(12)10(2)3/h2,6-9,15H2,1,3-5H3. The molecule has 0 aromatic rings. The molecule has 0 aromatic heterocycles. The van der Waals surface area contributed by atoms with Crippen molar-refractivity contribution < 1.29 is 13.6 Å². The molecule has 0 radical (unpaired) electrons. The van der Waals surface area contributed by atoms with E-state index in [1.165, 1.54) is 6.04 Å². The van der Waals surface area contributed by atoms with Crippen molar-refractivity contribution in [2.75, 3.05) is 6.61 Å². The highest BCUT2D eigenvalue weighted by atomic mass is 28.4. The Morgan fingerprint density at radius 3 is 2.56 bits per heavy atom. The van der Waals surface area contributed by atoms with Crippen LogP contribution < -0.4 is 0 Å². The van der Waals surface area contributed by atoms with Gasteiger partial charge in [0.1, 0.15) is 9.76 Å². The lowest BCUT2D eigenvalue weighted by atomic mass is 10.4. The quantitative estimate of drug-likeness (QED) is 0.291. The molecule has 0 aliphatic rings. The molecule has 0 spiro atoms. The molecule has 0 fully saturated rings. The van der Waals surface area contributed by atoms with E-state index in [4.69, 9.17) is 8.85 Å². The van der Waals surface area contributed by atoms with Crippen LogP contribution in [-0.2, 0) is 13.6 Å². The highest BCUT2D eigenvalue weighted by molar-refractivity contribution is 6.75. The summed E-state index contributed by atoms with van der Waals surface area (Å²) in [5.41, 5.74) is 0.466. The summed E-state index contributed by atoms with van der Waals surface area (Å²) in [7, 11) is -1.76. The van der Waals surface area contributed by atoms with E-state index in [1.807, 2.05) is 0 Å². The minimum absolute atomic E-state index is 0.286. The van der Waals surface area contributed by atoms with Crippen LogP contribution in [0.3, 0.4) is 0 Å². The molecule has 0 saturated carbocycles. The smallest absolute Gasteiger partial charge is 0.333 e. The van der Waals surface area contributed by atoms with Gasteiger partial charge in [0.25, 0.3) is 0 Å². The normalized spacial score (nSPS) is 12.0. The van der Waals surface area contributed by atoms with Crippen LogP contribution in [0.25, 0.3) is 0 Å². The molecule has 0 amide bonds. The summed E-state index contributed by atoms with van der Waals surface area (Å²) in [6.45, 7) is 12.4. The molecule has 5 heteroatoms. The van der Waals surface area contributed by atoms with Crippen molar-refractivity contribution in [1.82, 2.24) is 0 Å². The largest absolute Gasteiger partial charge is 0.462 e. The van der Waals surface area contributed by atoms with E-state index in [0.717, 1.165) is 12.5 Å². The highest BCUT2D eigenvalue weighted by Gasteiger charge is 2.17. The van der Waals surface area contributed by atoms with Crippen molar-refractivity contribution in [1.29, 1.82) is 0 Å². The van der Waals surface area contributed by atoms with Gasteiger partial charge >= 0.3 is 5.97 Å². The van der Waals surface area contributed by atoms with E-state index in [0.29, 0.717) is 12.2 Å². The van der Waals surface area contributed by atoms with E-state index in [2.05, 4.69) is 26.6 Å². The van der Waals surface area contributed by atoms with Crippen molar-refractivity contribution >= 4 is 24.0 Å². The number of hydrogen-bond acceptors (Lipinski definition) is 3. The van der Waals surface area contributed by atoms with Crippen molar-refractivity contribution in [2.45, 2.75) is 45.5 Å². The second-order valence-corrected chi connectivity index (χ2v) is 11.1. The maximum Gasteiger partial charge on any atom is 0.333 e. The zero-order valence-corrected chi connectivity index (χ0v) is 13.4. The predicted molar refractivity (Wildman–Crippen MR) is 72.8 cm³/mol. The fourth-order valence-electron chi connectivity index (χ4n) is 0.943. The molecular formula is C11H24O3Si2. The Labute approximate surface area is 102 Å². The van der Waals surface area contributed by atoms with E-state index in [-0.39, 0.29) is 5.97 Å². The topological polar surface area (TPSA) is 35.5 Å². The number of ether oxygens (including phenoxy) is 1. The number of carbonyl (C=O) groups is 1. The molecule has 0 unspecified atom stereocenters. The lowest BCUT2D eigenvalue weighted by molar-refractivity contribution is -0.138. The SMILES string of the molecule is C=C(C)C(=O)OCCC[SiH2]O[Si](C)(C)CC. The first kappa shape index (κ1) is 15.6. The number of hydrogen-bond donors (Lipinski definition) is 0. The Balaban J connectivity index is 3.41. The first-order chi connectivity index (χ1) is 7.39. The Kier molecular flexibility index (Phi) is 7.62. The molecule has 0 aliphatic carbocycles. The maximum absolute atomic E-state index is 11.0. The van der Waals surface area contributed by atoms with E-state index in [9.17, 15) is 4.79 Å². The van der Waals surface area contributed by atoms with Crippen LogP contribution in [0, 0.1) is 0 Å². The molecule has 94 valence electrons. The summed E-state index contributed by atoms with van der Waals surface area (Å²) < 4.78 is 11.0. The third kappa shape index (κ3) is 7.84. The Hall–Kier alpha value is -0.396. The summed E-state index contributed by atoms with van der Waals surface area (Å²) in [6, 6.07) is 2.25. The van der Waals surface area contributed by atoms with E-state index in [1.54, 1.807) is 6.92 Å². The van der Waals surface area contributed by atoms with Gasteiger partial charge in [-0.1, -0.05) is 13.5 Å². The third-order valence-corrected chi connectivity index (χ3v) is 8.90. The van der Waals surface area contributed by atoms with Crippen LogP contribution >= 0.6 is 0 Å². The Morgan fingerprint density at radius 2 is 2.06 bits per heavy atom. The van der Waals surface area contributed by atoms with Gasteiger partial charge in [0.15, 0.2) is 8.32 Å². The second-order valence-electron chi connectivity index (χ2n) is 4.59. The third-order valence-electron chi connectivity index (χ3n) is 2.46. The molecule has 0 bridgehead atoms. The van der Waals surface area contributed by atoms with Gasteiger partial charge < -0.3 is 8.85 Å². The molecule has 3 nitrogen and oxygen atoms in total. The summed E-state index contributed by atoms with van der Waals surface area (Å²) >= 11 is 0. The molecule has 0 saturated heterocycles. The fraction of sp³-hybridized carbons (Fsp3) is 0.727. The van der Waals surface area contributed by atoms with Crippen molar-refractivity contribution in [3.63, 3.8) is 0 Å². The van der Waals surface area contributed by atoms with Crippen LogP contribution in [0.5, 0.6) is 0 Å². The van der Waals surface area contributed by atoms with Crippen molar-refractivity contribution in [2.24, 2.45) is 0 Å². The lowest BCUT2D eigenvalue weighted by Gasteiger charge is -2.21. The molecule has 0 aliphatic heterocycles. The number of rotatable bonds is 8. The van der Waals surface area contributed by atoms with Crippen LogP contribution in [0.2, 0.25) is 25.2 Å². The minimum Gasteiger partial charge on any atom is -0.462 e. The first-order valence-electron chi connectivity index (χ1n) is 5.85. The van der Waals surface area contributed by atoms with Gasteiger partial charge in [-0.15, -0.1) is 0 Å². The fourth-order valence-corrected chi connectivity index (χ4v) is 4.96. The van der Waals surface area contributed by atoms with Crippen molar-refractivity contribution in [3.8, 4) is 0 Å². The minimum atomic E-state index is -1.34. The summed E-state index contributed by atoms with van der Waals surface area (Å²) in [6.07, 6.45) is 0.916. The molecule has 0 rings (SSSR count). The van der Waals surface area contributed by atoms with Crippen LogP contribution in [-0.4, -0.2) is 30.7 Å². The van der Waals surface area contributed by atoms with Crippen molar-refractivity contribution in [3.05, 3.63) is 12.2 Å². The van der Waals surface area contributed by atoms with Gasteiger partial charge in [-0.3, -0.25) is 0 Å². The molecular weight excluding hydrogens is 236 g/mol. The van der Waals surface area contributed by atoms with Gasteiger partial charge in [0, 0.05) is 5.57 Å². The predicted octanol–water partition coefficient (Wildman–Crippen LogP) is 2.24. The van der Waals surface area contributed by atoms with Gasteiger partial charge in [-0.2, -0.15) is 0 Å². The highest BCUT2D eigenvalue weighted by Crippen LogP contribution is 2.09. The first-order valence-corrected chi connectivity index (χ1v) is 10.5. The summed E-state index contributed by atoms with van der Waals surface area (Å²) in [4.78, 5) is 11.0. The van der Waals surface area contributed by atoms with Crippen LogP contribution in [0.4, 0.5) is 0 Å². The van der Waals surface area contributed by atoms with E-state index < -0.39 is 18.1 Å². The molecule has 16 heavy (non-hydrogen) atoms. The zero-order chi connectivity index (χ0) is 12.6. The average Bonchev–Trinajstić information content (AvgIpc) is 2.22. The Morgan fingerprint density at radius 1 is 1.44 bits per heavy atom. The molecule has 0 heterocycles. The summed E-state index contributed by atoms with van der Waals surface area (Å²) in [5.74, 6) is -0.286. The van der Waals surface area contributed by atoms with Crippen LogP contribution in [0.15, 0.2) is 12.2 Å². The van der Waals surface area contributed by atoms with Gasteiger partial charge in [-0.05, 0) is 38.5 Å². The Bertz CT molecular complexity index is 239. The molecule has 0 atom stereocenters. The van der Waals surface area contributed by atoms with Gasteiger partial charge in [-0.25, -0.2) is 4.79 Å². The number of carbonyl (C=O) groups excluding carboxylic acids is 1. The summed E-state index contributed by atoms with van der Waals surface area (Å²) in [5, 5.41) is 0. The maximum atomic E-state index is 11.0. The van der Waals surface area contributed by atoms with Gasteiger partial charge in [0.2, 0.25) is 0 Å². The second kappa shape index (κ2) is 7.81. The molecule has 0 N–H and O–H groups in total. The van der Waals surface area contributed by atoms with E-state index >= 15 is 0 Å². The average molecular weight is 260 g/mol. The zero-order valence-electron chi connectivity index (χ0n) is 11.0. The van der Waals surface area contributed by atoms with Crippen LogP contribution in [0.1, 0.15) is 20.3 Å².